The predicted molar refractivity (Wildman–Crippen MR) is 131 cm³/mol. The molecule has 2 aromatic rings. The van der Waals surface area contributed by atoms with E-state index < -0.39 is 10.8 Å². The van der Waals surface area contributed by atoms with E-state index in [4.69, 9.17) is 0 Å². The smallest absolute Gasteiger partial charge is 0.278 e. The lowest BCUT2D eigenvalue weighted by Crippen LogP contribution is -2.46. The number of carbonyl (C=O) groups is 2. The molecule has 0 bridgehead atoms. The molecule has 178 valence electrons. The Kier molecular flexibility index (Phi) is 6.93. The monoisotopic (exact) mass is 463 g/mol. The topological polar surface area (TPSA) is 99.0 Å². The van der Waals surface area contributed by atoms with Crippen molar-refractivity contribution in [3.8, 4) is 0 Å². The van der Waals surface area contributed by atoms with Crippen LogP contribution in [-0.4, -0.2) is 65.8 Å². The third-order valence-electron chi connectivity index (χ3n) is 6.30. The van der Waals surface area contributed by atoms with Gasteiger partial charge in [-0.15, -0.1) is 0 Å². The first-order valence-corrected chi connectivity index (χ1v) is 11.6. The summed E-state index contributed by atoms with van der Waals surface area (Å²) in [4.78, 5) is 42.7. The summed E-state index contributed by atoms with van der Waals surface area (Å²) in [6, 6.07) is 13.5. The minimum atomic E-state index is -0.494. The average Bonchev–Trinajstić information content (AvgIpc) is 3.09. The van der Waals surface area contributed by atoms with Gasteiger partial charge in [-0.1, -0.05) is 13.8 Å². The lowest BCUT2D eigenvalue weighted by molar-refractivity contribution is -0.384. The number of hydrogen-bond acceptors (Lipinski definition) is 7. The molecule has 4 rings (SSSR count). The van der Waals surface area contributed by atoms with Crippen molar-refractivity contribution in [2.75, 3.05) is 49.5 Å². The second-order valence-corrected chi connectivity index (χ2v) is 8.41. The Bertz CT molecular complexity index is 1100. The standard InChI is InChI=1S/C25H29N5O4/c1-3-13-29-24(31)22(18-5-9-21(10-6-18)30(33)34)23(25(29)32)26-19-7-11-20(12-8-19)28-16-14-27(4-2)15-17-28/h5-12,26H,3-4,13-17H2,1-2H3. The fourth-order valence-electron chi connectivity index (χ4n) is 4.36. The van der Waals surface area contributed by atoms with Crippen LogP contribution in [0.5, 0.6) is 0 Å². The number of nitro benzene ring substituents is 1. The molecule has 2 aliphatic rings. The van der Waals surface area contributed by atoms with Gasteiger partial charge in [0, 0.05) is 56.2 Å². The zero-order chi connectivity index (χ0) is 24.2. The Morgan fingerprint density at radius 2 is 1.56 bits per heavy atom. The third kappa shape index (κ3) is 4.65. The number of hydrogen-bond donors (Lipinski definition) is 1. The van der Waals surface area contributed by atoms with Crippen molar-refractivity contribution >= 4 is 34.4 Å². The molecule has 1 saturated heterocycles. The number of nitrogens with zero attached hydrogens (tertiary/aromatic N) is 4. The van der Waals surface area contributed by atoms with Crippen LogP contribution in [0.15, 0.2) is 54.2 Å². The van der Waals surface area contributed by atoms with E-state index in [-0.39, 0.29) is 22.9 Å². The van der Waals surface area contributed by atoms with Crippen molar-refractivity contribution in [1.82, 2.24) is 9.80 Å². The van der Waals surface area contributed by atoms with Gasteiger partial charge in [-0.3, -0.25) is 24.6 Å². The van der Waals surface area contributed by atoms with Gasteiger partial charge in [0.05, 0.1) is 10.5 Å². The van der Waals surface area contributed by atoms with Gasteiger partial charge in [-0.05, 0) is 54.9 Å². The first-order valence-electron chi connectivity index (χ1n) is 11.6. The van der Waals surface area contributed by atoms with Gasteiger partial charge in [-0.25, -0.2) is 0 Å². The van der Waals surface area contributed by atoms with Crippen molar-refractivity contribution in [2.24, 2.45) is 0 Å². The number of benzene rings is 2. The zero-order valence-electron chi connectivity index (χ0n) is 19.5. The van der Waals surface area contributed by atoms with E-state index in [1.807, 2.05) is 31.2 Å². The molecule has 0 aromatic heterocycles. The van der Waals surface area contributed by atoms with Crippen molar-refractivity contribution in [3.05, 3.63) is 69.9 Å². The zero-order valence-corrected chi connectivity index (χ0v) is 19.5. The molecular formula is C25H29N5O4. The lowest BCUT2D eigenvalue weighted by Gasteiger charge is -2.35. The van der Waals surface area contributed by atoms with Gasteiger partial charge < -0.3 is 15.1 Å². The summed E-state index contributed by atoms with van der Waals surface area (Å²) in [5, 5.41) is 14.2. The predicted octanol–water partition coefficient (Wildman–Crippen LogP) is 3.34. The Labute approximate surface area is 198 Å². The van der Waals surface area contributed by atoms with E-state index in [9.17, 15) is 19.7 Å². The van der Waals surface area contributed by atoms with Crippen LogP contribution < -0.4 is 10.2 Å². The highest BCUT2D eigenvalue weighted by Crippen LogP contribution is 2.32. The molecule has 2 amide bonds. The first kappa shape index (κ1) is 23.4. The van der Waals surface area contributed by atoms with Crippen molar-refractivity contribution in [1.29, 1.82) is 0 Å². The molecule has 1 N–H and O–H groups in total. The number of nitrogens with one attached hydrogen (secondary N) is 1. The molecule has 9 nitrogen and oxygen atoms in total. The number of rotatable bonds is 8. The highest BCUT2D eigenvalue weighted by atomic mass is 16.6. The average molecular weight is 464 g/mol. The maximum absolute atomic E-state index is 13.1. The molecule has 0 unspecified atom stereocenters. The highest BCUT2D eigenvalue weighted by molar-refractivity contribution is 6.36. The summed E-state index contributed by atoms with van der Waals surface area (Å²) in [6.07, 6.45) is 0.637. The van der Waals surface area contributed by atoms with Gasteiger partial charge in [0.15, 0.2) is 0 Å². The van der Waals surface area contributed by atoms with Gasteiger partial charge in [-0.2, -0.15) is 0 Å². The molecule has 1 fully saturated rings. The number of imide groups is 1. The Hall–Kier alpha value is -3.72. The molecule has 0 saturated carbocycles. The summed E-state index contributed by atoms with van der Waals surface area (Å²) in [6.45, 7) is 9.44. The van der Waals surface area contributed by atoms with Crippen molar-refractivity contribution in [2.45, 2.75) is 20.3 Å². The summed E-state index contributed by atoms with van der Waals surface area (Å²) >= 11 is 0. The Morgan fingerprint density at radius 3 is 2.12 bits per heavy atom. The number of amides is 2. The number of nitro groups is 1. The van der Waals surface area contributed by atoms with Crippen LogP contribution in [0.4, 0.5) is 17.1 Å². The number of piperazine rings is 1. The van der Waals surface area contributed by atoms with Crippen molar-refractivity contribution in [3.63, 3.8) is 0 Å². The first-order chi connectivity index (χ1) is 16.4. The van der Waals surface area contributed by atoms with Gasteiger partial charge in [0.25, 0.3) is 17.5 Å². The second kappa shape index (κ2) is 10.0. The van der Waals surface area contributed by atoms with E-state index in [1.165, 1.54) is 29.2 Å². The van der Waals surface area contributed by atoms with E-state index >= 15 is 0 Å². The molecule has 0 aliphatic carbocycles. The minimum Gasteiger partial charge on any atom is -0.369 e. The normalized spacial score (nSPS) is 17.0. The van der Waals surface area contributed by atoms with E-state index in [0.717, 1.165) is 38.4 Å². The molecule has 0 radical (unpaired) electrons. The van der Waals surface area contributed by atoms with E-state index in [2.05, 4.69) is 22.0 Å². The van der Waals surface area contributed by atoms with Crippen LogP contribution in [0, 0.1) is 10.1 Å². The Morgan fingerprint density at radius 1 is 0.912 bits per heavy atom. The van der Waals surface area contributed by atoms with Gasteiger partial charge in [0.2, 0.25) is 0 Å². The molecule has 2 heterocycles. The van der Waals surface area contributed by atoms with Crippen LogP contribution in [0.3, 0.4) is 0 Å². The summed E-state index contributed by atoms with van der Waals surface area (Å²) < 4.78 is 0. The molecule has 2 aliphatic heterocycles. The van der Waals surface area contributed by atoms with Crippen LogP contribution >= 0.6 is 0 Å². The van der Waals surface area contributed by atoms with E-state index in [1.54, 1.807) is 0 Å². The molecule has 0 atom stereocenters. The maximum atomic E-state index is 13.1. The summed E-state index contributed by atoms with van der Waals surface area (Å²) in [7, 11) is 0. The number of likely N-dealkylation sites (N-methyl/N-ethyl adjacent to an activating group) is 1. The number of non-ortho nitro benzene ring substituents is 1. The maximum Gasteiger partial charge on any atom is 0.278 e. The summed E-state index contributed by atoms with van der Waals surface area (Å²) in [5.41, 5.74) is 2.63. The number of carbonyl (C=O) groups excluding carboxylic acids is 2. The lowest BCUT2D eigenvalue weighted by atomic mass is 10.0. The van der Waals surface area contributed by atoms with Crippen LogP contribution in [0.2, 0.25) is 0 Å². The van der Waals surface area contributed by atoms with Crippen LogP contribution in [0.25, 0.3) is 5.57 Å². The Balaban J connectivity index is 1.59. The number of anilines is 2. The largest absolute Gasteiger partial charge is 0.369 e. The van der Waals surface area contributed by atoms with Crippen molar-refractivity contribution < 1.29 is 14.5 Å². The highest BCUT2D eigenvalue weighted by Gasteiger charge is 2.38. The SMILES string of the molecule is CCCN1C(=O)C(Nc2ccc(N3CCN(CC)CC3)cc2)=C(c2ccc([N+](=O)[O-])cc2)C1=O. The molecular weight excluding hydrogens is 434 g/mol. The third-order valence-corrected chi connectivity index (χ3v) is 6.30. The van der Waals surface area contributed by atoms with Gasteiger partial charge in [0.1, 0.15) is 5.70 Å². The molecule has 0 spiro atoms. The summed E-state index contributed by atoms with van der Waals surface area (Å²) in [5.74, 6) is -0.784. The van der Waals surface area contributed by atoms with Crippen LogP contribution in [-0.2, 0) is 9.59 Å². The minimum absolute atomic E-state index is 0.0728. The quantitative estimate of drug-likeness (QED) is 0.364. The van der Waals surface area contributed by atoms with Crippen LogP contribution in [0.1, 0.15) is 25.8 Å². The fourth-order valence-corrected chi connectivity index (χ4v) is 4.36. The molecule has 2 aromatic carbocycles. The molecule has 9 heteroatoms. The molecule has 34 heavy (non-hydrogen) atoms. The second-order valence-electron chi connectivity index (χ2n) is 8.41. The van der Waals surface area contributed by atoms with E-state index in [0.29, 0.717) is 24.2 Å². The van der Waals surface area contributed by atoms with Gasteiger partial charge >= 0.3 is 0 Å². The fraction of sp³-hybridized carbons (Fsp3) is 0.360.